The van der Waals surface area contributed by atoms with Crippen LogP contribution in [0.25, 0.3) is 0 Å². The quantitative estimate of drug-likeness (QED) is 0.395. The van der Waals surface area contributed by atoms with Crippen LogP contribution in [0, 0.1) is 12.7 Å². The number of nitrogens with zero attached hydrogens (tertiary/aromatic N) is 3. The van der Waals surface area contributed by atoms with Crippen LogP contribution in [0.3, 0.4) is 0 Å². The summed E-state index contributed by atoms with van der Waals surface area (Å²) in [7, 11) is 1.86. The fourth-order valence-corrected chi connectivity index (χ4v) is 4.92. The van der Waals surface area contributed by atoms with Crippen molar-refractivity contribution in [2.24, 2.45) is 7.05 Å². The first kappa shape index (κ1) is 21.3. The molecule has 0 aliphatic carbocycles. The molecule has 4 aromatic rings. The number of rotatable bonds is 7. The van der Waals surface area contributed by atoms with Crippen LogP contribution >= 0.6 is 23.1 Å². The van der Waals surface area contributed by atoms with Crippen molar-refractivity contribution < 1.29 is 9.18 Å². The average Bonchev–Trinajstić information content (AvgIpc) is 3.39. The van der Waals surface area contributed by atoms with Crippen molar-refractivity contribution in [3.8, 4) is 0 Å². The van der Waals surface area contributed by atoms with E-state index in [1.165, 1.54) is 12.1 Å². The smallest absolute Gasteiger partial charge is 0.252 e. The van der Waals surface area contributed by atoms with E-state index in [0.717, 1.165) is 26.9 Å². The number of hydrogen-bond acceptors (Lipinski definition) is 5. The molecule has 2 aromatic carbocycles. The average molecular weight is 453 g/mol. The number of aromatic nitrogens is 3. The number of halogens is 1. The van der Waals surface area contributed by atoms with Crippen LogP contribution in [0.5, 0.6) is 0 Å². The van der Waals surface area contributed by atoms with Crippen LogP contribution in [-0.2, 0) is 12.8 Å². The molecule has 5 nitrogen and oxygen atoms in total. The SMILES string of the molecule is Cc1csc(SCc2ccc(C(=O)N[C@@H](c3ccc(F)cc3)c3nccn3C)cc2)n1. The summed E-state index contributed by atoms with van der Waals surface area (Å²) in [5, 5.41) is 5.07. The first-order valence-electron chi connectivity index (χ1n) is 9.67. The summed E-state index contributed by atoms with van der Waals surface area (Å²) in [6.45, 7) is 1.98. The molecule has 0 radical (unpaired) electrons. The van der Waals surface area contributed by atoms with Gasteiger partial charge in [0.15, 0.2) is 0 Å². The van der Waals surface area contributed by atoms with Crippen LogP contribution in [0.15, 0.2) is 70.6 Å². The van der Waals surface area contributed by atoms with Crippen molar-refractivity contribution in [2.45, 2.75) is 23.1 Å². The normalized spacial score (nSPS) is 12.0. The van der Waals surface area contributed by atoms with Gasteiger partial charge in [0.2, 0.25) is 0 Å². The second-order valence-corrected chi connectivity index (χ2v) is 9.18. The molecule has 2 heterocycles. The Bertz CT molecular complexity index is 1170. The van der Waals surface area contributed by atoms with E-state index in [1.807, 2.05) is 54.4 Å². The number of thiazole rings is 1. The topological polar surface area (TPSA) is 59.8 Å². The molecule has 1 amide bonds. The van der Waals surface area contributed by atoms with E-state index in [1.54, 1.807) is 41.4 Å². The Kier molecular flexibility index (Phi) is 6.48. The zero-order valence-electron chi connectivity index (χ0n) is 17.1. The van der Waals surface area contributed by atoms with Gasteiger partial charge in [-0.2, -0.15) is 0 Å². The highest BCUT2D eigenvalue weighted by atomic mass is 32.2. The number of aryl methyl sites for hydroxylation is 2. The fraction of sp³-hybridized carbons (Fsp3) is 0.174. The van der Waals surface area contributed by atoms with Gasteiger partial charge < -0.3 is 9.88 Å². The Labute approximate surface area is 188 Å². The van der Waals surface area contributed by atoms with Gasteiger partial charge in [-0.25, -0.2) is 14.4 Å². The van der Waals surface area contributed by atoms with Crippen LogP contribution in [-0.4, -0.2) is 20.4 Å². The molecule has 0 unspecified atom stereocenters. The summed E-state index contributed by atoms with van der Waals surface area (Å²) < 4.78 is 16.3. The third kappa shape index (κ3) is 5.21. The third-order valence-corrected chi connectivity index (χ3v) is 6.98. The third-order valence-electron chi connectivity index (χ3n) is 4.77. The summed E-state index contributed by atoms with van der Waals surface area (Å²) in [6.07, 6.45) is 3.49. The zero-order valence-corrected chi connectivity index (χ0v) is 18.7. The van der Waals surface area contributed by atoms with Gasteiger partial charge in [-0.15, -0.1) is 11.3 Å². The monoisotopic (exact) mass is 452 g/mol. The van der Waals surface area contributed by atoms with Gasteiger partial charge in [-0.3, -0.25) is 4.79 Å². The predicted octanol–water partition coefficient (Wildman–Crippen LogP) is 5.14. The van der Waals surface area contributed by atoms with Gasteiger partial charge in [0.25, 0.3) is 5.91 Å². The summed E-state index contributed by atoms with van der Waals surface area (Å²) in [4.78, 5) is 21.8. The van der Waals surface area contributed by atoms with Gasteiger partial charge in [0.1, 0.15) is 22.0 Å². The maximum Gasteiger partial charge on any atom is 0.252 e. The molecule has 2 aromatic heterocycles. The van der Waals surface area contributed by atoms with Crippen molar-refractivity contribution in [3.63, 3.8) is 0 Å². The number of imidazole rings is 1. The molecule has 1 atom stereocenters. The van der Waals surface area contributed by atoms with E-state index in [0.29, 0.717) is 11.4 Å². The second kappa shape index (κ2) is 9.45. The molecule has 0 aliphatic rings. The van der Waals surface area contributed by atoms with Gasteiger partial charge >= 0.3 is 0 Å². The molecule has 0 bridgehead atoms. The number of hydrogen-bond donors (Lipinski definition) is 1. The van der Waals surface area contributed by atoms with Gasteiger partial charge in [0.05, 0.1) is 0 Å². The molecule has 1 N–H and O–H groups in total. The number of carbonyl (C=O) groups is 1. The van der Waals surface area contributed by atoms with Crippen LogP contribution in [0.4, 0.5) is 4.39 Å². The lowest BCUT2D eigenvalue weighted by atomic mass is 10.0. The number of benzene rings is 2. The van der Waals surface area contributed by atoms with Crippen LogP contribution in [0.1, 0.15) is 39.0 Å². The number of amides is 1. The maximum absolute atomic E-state index is 13.4. The van der Waals surface area contributed by atoms with E-state index in [-0.39, 0.29) is 11.7 Å². The van der Waals surface area contributed by atoms with Crippen molar-refractivity contribution >= 4 is 29.0 Å². The molecule has 158 valence electrons. The summed E-state index contributed by atoms with van der Waals surface area (Å²) >= 11 is 3.32. The number of carbonyl (C=O) groups excluding carboxylic acids is 1. The first-order chi connectivity index (χ1) is 15.0. The van der Waals surface area contributed by atoms with E-state index < -0.39 is 6.04 Å². The molecule has 4 rings (SSSR count). The minimum Gasteiger partial charge on any atom is -0.338 e. The molecule has 0 saturated carbocycles. The number of thioether (sulfide) groups is 1. The molecular weight excluding hydrogens is 431 g/mol. The molecule has 0 spiro atoms. The zero-order chi connectivity index (χ0) is 21.8. The standard InChI is InChI=1S/C23H21FN4OS2/c1-15-13-30-23(26-15)31-14-16-3-5-18(6-4-16)22(29)27-20(21-25-11-12-28(21)2)17-7-9-19(24)10-8-17/h3-13,20H,14H2,1-2H3,(H,27,29)/t20-/m0/s1. The largest absolute Gasteiger partial charge is 0.338 e. The van der Waals surface area contributed by atoms with Crippen molar-refractivity contribution in [1.82, 2.24) is 19.9 Å². The lowest BCUT2D eigenvalue weighted by Crippen LogP contribution is -2.31. The lowest BCUT2D eigenvalue weighted by molar-refractivity contribution is 0.0941. The highest BCUT2D eigenvalue weighted by Crippen LogP contribution is 2.26. The fourth-order valence-electron chi connectivity index (χ4n) is 3.12. The highest BCUT2D eigenvalue weighted by Gasteiger charge is 2.21. The van der Waals surface area contributed by atoms with Crippen LogP contribution in [0.2, 0.25) is 0 Å². The predicted molar refractivity (Wildman–Crippen MR) is 122 cm³/mol. The van der Waals surface area contributed by atoms with E-state index >= 15 is 0 Å². The maximum atomic E-state index is 13.4. The van der Waals surface area contributed by atoms with Crippen LogP contribution < -0.4 is 5.32 Å². The highest BCUT2D eigenvalue weighted by molar-refractivity contribution is 8.00. The Hall–Kier alpha value is -2.97. The van der Waals surface area contributed by atoms with E-state index in [9.17, 15) is 9.18 Å². The Morgan fingerprint density at radius 3 is 2.55 bits per heavy atom. The Balaban J connectivity index is 1.48. The Morgan fingerprint density at radius 1 is 1.19 bits per heavy atom. The molecule has 0 saturated heterocycles. The minimum atomic E-state index is -0.489. The van der Waals surface area contributed by atoms with Gasteiger partial charge in [-0.1, -0.05) is 36.0 Å². The molecule has 0 fully saturated rings. The molecule has 8 heteroatoms. The lowest BCUT2D eigenvalue weighted by Gasteiger charge is -2.19. The van der Waals surface area contributed by atoms with Gasteiger partial charge in [-0.05, 0) is 42.3 Å². The molecule has 0 aliphatic heterocycles. The second-order valence-electron chi connectivity index (χ2n) is 7.09. The first-order valence-corrected chi connectivity index (χ1v) is 11.5. The summed E-state index contributed by atoms with van der Waals surface area (Å²) in [5.41, 5.74) is 3.47. The summed E-state index contributed by atoms with van der Waals surface area (Å²) in [6, 6.07) is 13.1. The van der Waals surface area contributed by atoms with E-state index in [2.05, 4.69) is 15.3 Å². The summed E-state index contributed by atoms with van der Waals surface area (Å²) in [5.74, 6) is 0.925. The number of nitrogens with one attached hydrogen (secondary N) is 1. The van der Waals surface area contributed by atoms with Crippen molar-refractivity contribution in [2.75, 3.05) is 0 Å². The molecular formula is C23H21FN4OS2. The van der Waals surface area contributed by atoms with Crippen molar-refractivity contribution in [1.29, 1.82) is 0 Å². The minimum absolute atomic E-state index is 0.216. The Morgan fingerprint density at radius 2 is 1.94 bits per heavy atom. The van der Waals surface area contributed by atoms with E-state index in [4.69, 9.17) is 0 Å². The van der Waals surface area contributed by atoms with Crippen molar-refractivity contribution in [3.05, 3.63) is 100 Å². The van der Waals surface area contributed by atoms with Gasteiger partial charge in [0, 0.05) is 41.8 Å². The molecule has 31 heavy (non-hydrogen) atoms.